The molecule has 0 saturated carbocycles. The maximum Gasteiger partial charge on any atom is 0.252 e. The number of benzene rings is 14. The molecular formula is C78H43BN2S2. The van der Waals surface area contributed by atoms with Gasteiger partial charge in [-0.2, -0.15) is 0 Å². The molecule has 3 aromatic heterocycles. The standard InChI is InChI=1S/C78H43BN2S2/c1-3-20-50-46(16-1)48-18-5-7-24-54(48)70-56(50)35-37-65-72(70)73-71-55-25-8-6-19-49(55)47-17-2-4-21-51(47)60(71)41-63-76(73)81(65)67-31-15-30-66-74(67)79(63)62-40-43(45-27-14-29-58-53-23-10-12-33-69(53)83-78(45)58)39-61-59-38-42(34-36-64(59)80(66)75(61)62)44-26-13-28-57-52-22-9-11-32-68(52)82-77(44)57/h1-41,53,69H. The van der Waals surface area contributed by atoms with Gasteiger partial charge in [-0.3, -0.25) is 0 Å². The van der Waals surface area contributed by atoms with Gasteiger partial charge < -0.3 is 9.13 Å². The third kappa shape index (κ3) is 5.45. The van der Waals surface area contributed by atoms with Gasteiger partial charge in [-0.05, 0) is 141 Å². The molecule has 0 N–H and O–H groups in total. The third-order valence-corrected chi connectivity index (χ3v) is 22.4. The summed E-state index contributed by atoms with van der Waals surface area (Å²) >= 11 is 3.96. The summed E-state index contributed by atoms with van der Waals surface area (Å²) in [6.07, 6.45) is 9.30. The van der Waals surface area contributed by atoms with Crippen LogP contribution in [0.2, 0.25) is 0 Å². The number of thiophene rings is 1. The quantitative estimate of drug-likeness (QED) is 0.124. The Hall–Kier alpha value is -9.65. The zero-order valence-corrected chi connectivity index (χ0v) is 46.2. The van der Waals surface area contributed by atoms with Gasteiger partial charge in [0.05, 0.1) is 16.6 Å². The number of hydrogen-bond donors (Lipinski definition) is 0. The summed E-state index contributed by atoms with van der Waals surface area (Å²) in [5.74, 6) is 0.362. The lowest BCUT2D eigenvalue weighted by Gasteiger charge is -2.34. The molecule has 3 aliphatic heterocycles. The zero-order chi connectivity index (χ0) is 53.5. The Morgan fingerprint density at radius 2 is 0.928 bits per heavy atom. The first-order valence-electron chi connectivity index (χ1n) is 29.1. The van der Waals surface area contributed by atoms with Gasteiger partial charge in [0.2, 0.25) is 0 Å². The first kappa shape index (κ1) is 44.1. The molecule has 14 aromatic carbocycles. The smallest absolute Gasteiger partial charge is 0.252 e. The maximum atomic E-state index is 2.70. The Bertz CT molecular complexity index is 5970. The topological polar surface area (TPSA) is 9.86 Å². The SMILES string of the molecule is C1=CC2Sc3c(-c4cc5c6c(c4)c4cc(-c7cccc8c7sc7ccccc78)ccc4n6-c4cccc6c4B5c4cc5c7ccccc7c7ccccc7c5c5c7c8c9ccccc9c9ccccc9c8ccc7n-6c45)cccc3C2C=C1. The molecule has 2 unspecified atom stereocenters. The van der Waals surface area contributed by atoms with Crippen LogP contribution in [0.5, 0.6) is 0 Å². The molecule has 2 atom stereocenters. The minimum Gasteiger partial charge on any atom is -0.310 e. The van der Waals surface area contributed by atoms with Crippen LogP contribution in [0.25, 0.3) is 162 Å². The highest BCUT2D eigenvalue weighted by Gasteiger charge is 2.43. The van der Waals surface area contributed by atoms with E-state index in [-0.39, 0.29) is 6.71 Å². The summed E-state index contributed by atoms with van der Waals surface area (Å²) in [6, 6.07) is 86.8. The molecule has 380 valence electrons. The summed E-state index contributed by atoms with van der Waals surface area (Å²) in [6.45, 7) is -0.0807. The second kappa shape index (κ2) is 15.7. The van der Waals surface area contributed by atoms with E-state index in [1.807, 2.05) is 23.1 Å². The van der Waals surface area contributed by atoms with Crippen molar-refractivity contribution in [2.45, 2.75) is 16.1 Å². The van der Waals surface area contributed by atoms with Gasteiger partial charge in [0.15, 0.2) is 0 Å². The average molecular weight is 1080 g/mol. The van der Waals surface area contributed by atoms with Crippen molar-refractivity contribution < 1.29 is 0 Å². The average Bonchev–Trinajstić information content (AvgIpc) is 1.76. The Kier molecular flexibility index (Phi) is 8.32. The second-order valence-corrected chi connectivity index (χ2v) is 25.8. The lowest BCUT2D eigenvalue weighted by Crippen LogP contribution is -2.59. The molecule has 0 amide bonds. The van der Waals surface area contributed by atoms with Crippen LogP contribution >= 0.6 is 23.1 Å². The van der Waals surface area contributed by atoms with Crippen molar-refractivity contribution in [1.29, 1.82) is 0 Å². The van der Waals surface area contributed by atoms with Crippen molar-refractivity contribution >= 4 is 175 Å². The first-order valence-corrected chi connectivity index (χ1v) is 30.8. The highest BCUT2D eigenvalue weighted by Crippen LogP contribution is 2.54. The van der Waals surface area contributed by atoms with Gasteiger partial charge in [-0.25, -0.2) is 0 Å². The Morgan fingerprint density at radius 1 is 0.361 bits per heavy atom. The molecule has 0 fully saturated rings. The Morgan fingerprint density at radius 3 is 1.69 bits per heavy atom. The molecule has 0 saturated heterocycles. The predicted octanol–water partition coefficient (Wildman–Crippen LogP) is 19.3. The van der Waals surface area contributed by atoms with Crippen LogP contribution < -0.4 is 16.4 Å². The van der Waals surface area contributed by atoms with Gasteiger partial charge in [0.1, 0.15) is 0 Å². The van der Waals surface area contributed by atoms with Crippen molar-refractivity contribution in [3.8, 4) is 33.6 Å². The molecule has 6 heterocycles. The predicted molar refractivity (Wildman–Crippen MR) is 359 cm³/mol. The van der Waals surface area contributed by atoms with Gasteiger partial charge in [-0.1, -0.05) is 206 Å². The van der Waals surface area contributed by atoms with E-state index in [0.717, 1.165) is 0 Å². The van der Waals surface area contributed by atoms with E-state index in [0.29, 0.717) is 11.2 Å². The van der Waals surface area contributed by atoms with Crippen LogP contribution in [0.3, 0.4) is 0 Å². The summed E-state index contributed by atoms with van der Waals surface area (Å²) in [5, 5.41) is 23.9. The summed E-state index contributed by atoms with van der Waals surface area (Å²) in [7, 11) is 0. The van der Waals surface area contributed by atoms with Gasteiger partial charge in [0.25, 0.3) is 6.71 Å². The van der Waals surface area contributed by atoms with E-state index in [9.17, 15) is 0 Å². The molecule has 17 aromatic rings. The lowest BCUT2D eigenvalue weighted by molar-refractivity contribution is 0.881. The van der Waals surface area contributed by atoms with Gasteiger partial charge in [0, 0.05) is 85.4 Å². The molecule has 0 bridgehead atoms. The molecule has 5 heteroatoms. The number of hydrogen-bond acceptors (Lipinski definition) is 2. The van der Waals surface area contributed by atoms with Crippen LogP contribution in [0.4, 0.5) is 0 Å². The lowest BCUT2D eigenvalue weighted by atomic mass is 9.34. The highest BCUT2D eigenvalue weighted by atomic mass is 32.2. The van der Waals surface area contributed by atoms with Crippen molar-refractivity contribution in [3.63, 3.8) is 0 Å². The van der Waals surface area contributed by atoms with Crippen LogP contribution in [-0.4, -0.2) is 21.1 Å². The fraction of sp³-hybridized carbons (Fsp3) is 0.0256. The summed E-state index contributed by atoms with van der Waals surface area (Å²) in [4.78, 5) is 1.41. The Labute approximate surface area is 484 Å². The molecule has 1 aliphatic carbocycles. The third-order valence-electron chi connectivity index (χ3n) is 19.7. The van der Waals surface area contributed by atoms with Crippen molar-refractivity contribution in [2.24, 2.45) is 0 Å². The van der Waals surface area contributed by atoms with Crippen molar-refractivity contribution in [1.82, 2.24) is 9.13 Å². The zero-order valence-electron chi connectivity index (χ0n) is 44.6. The molecule has 0 spiro atoms. The number of fused-ring (bicyclic) bond motifs is 30. The molecule has 83 heavy (non-hydrogen) atoms. The Balaban J connectivity index is 0.950. The summed E-state index contributed by atoms with van der Waals surface area (Å²) < 4.78 is 8.03. The van der Waals surface area contributed by atoms with Crippen LogP contribution in [0.1, 0.15) is 11.5 Å². The maximum absolute atomic E-state index is 2.70. The fourth-order valence-corrected chi connectivity index (χ4v) is 19.2. The van der Waals surface area contributed by atoms with E-state index >= 15 is 0 Å². The van der Waals surface area contributed by atoms with Crippen molar-refractivity contribution in [3.05, 3.63) is 254 Å². The van der Waals surface area contributed by atoms with Crippen LogP contribution in [0.15, 0.2) is 254 Å². The number of rotatable bonds is 2. The number of allylic oxidation sites excluding steroid dienone is 3. The molecule has 0 radical (unpaired) electrons. The number of nitrogens with zero attached hydrogens (tertiary/aromatic N) is 2. The molecule has 2 nitrogen and oxygen atoms in total. The van der Waals surface area contributed by atoms with E-state index in [1.165, 1.54) is 189 Å². The number of aromatic nitrogens is 2. The fourth-order valence-electron chi connectivity index (χ4n) is 16.5. The second-order valence-electron chi connectivity index (χ2n) is 23.6. The largest absolute Gasteiger partial charge is 0.310 e. The highest BCUT2D eigenvalue weighted by molar-refractivity contribution is 8.00. The van der Waals surface area contributed by atoms with Gasteiger partial charge in [-0.15, -0.1) is 23.1 Å². The summed E-state index contributed by atoms with van der Waals surface area (Å²) in [5.41, 5.74) is 18.3. The van der Waals surface area contributed by atoms with Crippen LogP contribution in [-0.2, 0) is 0 Å². The normalized spacial score (nSPS) is 15.8. The molecule has 21 rings (SSSR count). The monoisotopic (exact) mass is 1080 g/mol. The molecule has 4 aliphatic rings. The van der Waals surface area contributed by atoms with Gasteiger partial charge >= 0.3 is 0 Å². The van der Waals surface area contributed by atoms with E-state index in [2.05, 4.69) is 258 Å². The van der Waals surface area contributed by atoms with Crippen LogP contribution in [0, 0.1) is 0 Å². The molecular weight excluding hydrogens is 1040 g/mol. The van der Waals surface area contributed by atoms with E-state index < -0.39 is 0 Å². The number of thioether (sulfide) groups is 1. The minimum atomic E-state index is -0.0807. The first-order chi connectivity index (χ1) is 41.2. The van der Waals surface area contributed by atoms with E-state index in [4.69, 9.17) is 0 Å². The van der Waals surface area contributed by atoms with E-state index in [1.54, 1.807) is 0 Å². The van der Waals surface area contributed by atoms with Crippen molar-refractivity contribution in [2.75, 3.05) is 0 Å². The minimum absolute atomic E-state index is 0.0807.